The number of para-hydroxylation sites is 1. The Morgan fingerprint density at radius 2 is 1.75 bits per heavy atom. The molecule has 42 valence electrons. The highest BCUT2D eigenvalue weighted by Crippen LogP contribution is 2.06. The van der Waals surface area contributed by atoms with Gasteiger partial charge in [0.15, 0.2) is 7.11 Å². The Balaban J connectivity index is 2.83. The molecule has 1 N–H and O–H groups in total. The predicted molar refractivity (Wildman–Crippen MR) is 34.0 cm³/mol. The predicted octanol–water partition coefficient (Wildman–Crippen LogP) is 1.56. The summed E-state index contributed by atoms with van der Waals surface area (Å²) in [5, 5.41) is 0. The Labute approximate surface area is 48.9 Å². The number of ether oxygens (including phenoxy) is 1. The van der Waals surface area contributed by atoms with E-state index in [0.717, 1.165) is 5.75 Å². The first-order chi connectivity index (χ1) is 3.93. The summed E-state index contributed by atoms with van der Waals surface area (Å²) in [6, 6.07) is 9.87. The van der Waals surface area contributed by atoms with Crippen LogP contribution in [0.4, 0.5) is 0 Å². The molecule has 0 unspecified atom stereocenters. The first kappa shape index (κ1) is 5.16. The van der Waals surface area contributed by atoms with Crippen LogP contribution < -0.4 is 0 Å². The summed E-state index contributed by atoms with van der Waals surface area (Å²) in [5.74, 6) is 1.03. The lowest BCUT2D eigenvalue weighted by Gasteiger charge is -1.91. The van der Waals surface area contributed by atoms with Crippen molar-refractivity contribution < 1.29 is 4.74 Å². The van der Waals surface area contributed by atoms with Crippen LogP contribution in [0.3, 0.4) is 0 Å². The molecule has 0 aromatic heterocycles. The van der Waals surface area contributed by atoms with Crippen molar-refractivity contribution in [3.8, 4) is 5.75 Å². The van der Waals surface area contributed by atoms with Crippen molar-refractivity contribution in [1.29, 1.82) is 0 Å². The molecule has 0 aliphatic rings. The van der Waals surface area contributed by atoms with E-state index >= 15 is 0 Å². The number of rotatable bonds is 1. The molecule has 0 heterocycles. The minimum absolute atomic E-state index is 1.03. The largest absolute Gasteiger partial charge is 0.585 e. The van der Waals surface area contributed by atoms with Crippen molar-refractivity contribution >= 4 is 0 Å². The molecule has 0 spiro atoms. The second kappa shape index (κ2) is 2.36. The van der Waals surface area contributed by atoms with Gasteiger partial charge in [0.1, 0.15) is 0 Å². The monoisotopic (exact) mass is 109 g/mol. The minimum Gasteiger partial charge on any atom is -0.585 e. The maximum absolute atomic E-state index is 3.97. The van der Waals surface area contributed by atoms with Gasteiger partial charge in [0, 0.05) is 12.1 Å². The lowest BCUT2D eigenvalue weighted by Crippen LogP contribution is -1.73. The fourth-order valence-corrected chi connectivity index (χ4v) is 0.577. The highest BCUT2D eigenvalue weighted by atomic mass is 16.5. The van der Waals surface area contributed by atoms with Crippen molar-refractivity contribution in [2.45, 2.75) is 0 Å². The maximum atomic E-state index is 3.97. The molecular formula is C7H9O+. The zero-order valence-corrected chi connectivity index (χ0v) is 4.83. The number of benzene rings is 1. The fraction of sp³-hybridized carbons (Fsp3) is 0.143. The van der Waals surface area contributed by atoms with E-state index in [0.29, 0.717) is 0 Å². The van der Waals surface area contributed by atoms with Gasteiger partial charge in [0.25, 0.3) is 5.75 Å². The fourth-order valence-electron chi connectivity index (χ4n) is 0.577. The van der Waals surface area contributed by atoms with Crippen LogP contribution in [0.15, 0.2) is 30.3 Å². The third-order valence-corrected chi connectivity index (χ3v) is 1.01. The molecule has 0 saturated heterocycles. The topological polar surface area (TPSA) is 12.8 Å². The van der Waals surface area contributed by atoms with Gasteiger partial charge in [-0.1, -0.05) is 18.2 Å². The van der Waals surface area contributed by atoms with E-state index < -0.39 is 0 Å². The van der Waals surface area contributed by atoms with E-state index in [1.54, 1.807) is 7.11 Å². The average molecular weight is 109 g/mol. The lowest BCUT2D eigenvalue weighted by molar-refractivity contribution is 0.136. The third-order valence-electron chi connectivity index (χ3n) is 1.01. The first-order valence-electron chi connectivity index (χ1n) is 2.58. The molecule has 0 amide bonds. The Bertz CT molecular complexity index is 146. The van der Waals surface area contributed by atoms with Crippen LogP contribution in [-0.4, -0.2) is 11.8 Å². The van der Waals surface area contributed by atoms with Gasteiger partial charge in [-0.3, -0.25) is 0 Å². The second-order valence-corrected chi connectivity index (χ2v) is 1.56. The summed E-state index contributed by atoms with van der Waals surface area (Å²) in [6.07, 6.45) is 0. The molecule has 0 bridgehead atoms. The standard InChI is InChI=1S/C7H8O/c1-8-7-5-3-2-4-6-7/h2-6H,1H3/p+1. The Hall–Kier alpha value is -0.980. The quantitative estimate of drug-likeness (QED) is 0.485. The molecule has 1 aromatic carbocycles. The summed E-state index contributed by atoms with van der Waals surface area (Å²) < 4.78 is 3.97. The Morgan fingerprint density at radius 1 is 1.12 bits per heavy atom. The van der Waals surface area contributed by atoms with Gasteiger partial charge < -0.3 is 4.74 Å². The summed E-state index contributed by atoms with van der Waals surface area (Å²) in [7, 11) is 1.79. The molecule has 0 radical (unpaired) electrons. The highest BCUT2D eigenvalue weighted by Gasteiger charge is 1.85. The van der Waals surface area contributed by atoms with Gasteiger partial charge in [0.2, 0.25) is 0 Å². The molecule has 1 rings (SSSR count). The van der Waals surface area contributed by atoms with Crippen molar-refractivity contribution in [3.05, 3.63) is 30.3 Å². The Kier molecular flexibility index (Phi) is 1.52. The molecule has 1 nitrogen and oxygen atoms in total. The van der Waals surface area contributed by atoms with E-state index in [1.807, 2.05) is 30.3 Å². The van der Waals surface area contributed by atoms with Crippen molar-refractivity contribution in [1.82, 2.24) is 0 Å². The van der Waals surface area contributed by atoms with Gasteiger partial charge in [-0.25, -0.2) is 0 Å². The van der Waals surface area contributed by atoms with Crippen LogP contribution in [0, 0.1) is 0 Å². The van der Waals surface area contributed by atoms with Gasteiger partial charge in [-0.05, 0) is 0 Å². The first-order valence-corrected chi connectivity index (χ1v) is 2.58. The molecule has 0 fully saturated rings. The maximum Gasteiger partial charge on any atom is 0.254 e. The van der Waals surface area contributed by atoms with E-state index in [-0.39, 0.29) is 0 Å². The van der Waals surface area contributed by atoms with Crippen LogP contribution in [0.25, 0.3) is 0 Å². The minimum atomic E-state index is 1.03. The van der Waals surface area contributed by atoms with Crippen molar-refractivity contribution in [3.63, 3.8) is 0 Å². The molecule has 0 atom stereocenters. The molecule has 0 aliphatic heterocycles. The van der Waals surface area contributed by atoms with E-state index in [9.17, 15) is 0 Å². The van der Waals surface area contributed by atoms with Gasteiger partial charge in [-0.15, -0.1) is 0 Å². The second-order valence-electron chi connectivity index (χ2n) is 1.56. The van der Waals surface area contributed by atoms with Crippen LogP contribution in [0.1, 0.15) is 0 Å². The molecule has 1 heteroatoms. The van der Waals surface area contributed by atoms with Crippen molar-refractivity contribution in [2.75, 3.05) is 7.11 Å². The third kappa shape index (κ3) is 0.997. The number of aliphatic hydroxyl groups is 1. The van der Waals surface area contributed by atoms with Gasteiger partial charge in [-0.2, -0.15) is 0 Å². The molecule has 8 heavy (non-hydrogen) atoms. The van der Waals surface area contributed by atoms with Crippen LogP contribution in [-0.2, 0) is 0 Å². The smallest absolute Gasteiger partial charge is 0.254 e. The number of aromatic hydroxyl groups is 1. The number of hydrogen-bond donors (Lipinski definition) is 0. The van der Waals surface area contributed by atoms with Crippen LogP contribution in [0.5, 0.6) is 5.75 Å². The van der Waals surface area contributed by atoms with Crippen molar-refractivity contribution in [2.24, 2.45) is 0 Å². The van der Waals surface area contributed by atoms with Gasteiger partial charge in [0.05, 0.1) is 0 Å². The van der Waals surface area contributed by atoms with Crippen LogP contribution >= 0.6 is 0 Å². The van der Waals surface area contributed by atoms with E-state index in [4.69, 9.17) is 0 Å². The molecule has 0 aliphatic carbocycles. The zero-order valence-electron chi connectivity index (χ0n) is 4.83. The van der Waals surface area contributed by atoms with Gasteiger partial charge >= 0.3 is 0 Å². The molecule has 1 aromatic rings. The highest BCUT2D eigenvalue weighted by molar-refractivity contribution is 5.19. The zero-order chi connectivity index (χ0) is 5.82. The van der Waals surface area contributed by atoms with E-state index in [2.05, 4.69) is 4.74 Å². The Morgan fingerprint density at radius 3 is 2.12 bits per heavy atom. The summed E-state index contributed by atoms with van der Waals surface area (Å²) in [4.78, 5) is 0. The van der Waals surface area contributed by atoms with Crippen LogP contribution in [0.2, 0.25) is 0 Å². The normalized spacial score (nSPS) is 8.62. The number of hydrogen-bond acceptors (Lipinski definition) is 0. The SMILES string of the molecule is C[OH+]c1ccccc1. The lowest BCUT2D eigenvalue weighted by atomic mass is 10.3. The molecule has 0 saturated carbocycles. The average Bonchev–Trinajstić information content (AvgIpc) is 1.90. The summed E-state index contributed by atoms with van der Waals surface area (Å²) in [6.45, 7) is 0. The van der Waals surface area contributed by atoms with E-state index in [1.165, 1.54) is 0 Å². The molecular weight excluding hydrogens is 100 g/mol. The summed E-state index contributed by atoms with van der Waals surface area (Å²) in [5.41, 5.74) is 0. The summed E-state index contributed by atoms with van der Waals surface area (Å²) >= 11 is 0.